The summed E-state index contributed by atoms with van der Waals surface area (Å²) in [5.41, 5.74) is -0.101. The molecular weight excluding hydrogens is 320 g/mol. The van der Waals surface area contributed by atoms with Gasteiger partial charge in [0.1, 0.15) is 5.69 Å². The summed E-state index contributed by atoms with van der Waals surface area (Å²) >= 11 is 3.39. The summed E-state index contributed by atoms with van der Waals surface area (Å²) in [6.07, 6.45) is 5.50. The normalized spacial score (nSPS) is 26.5. The van der Waals surface area contributed by atoms with Gasteiger partial charge in [0.25, 0.3) is 5.91 Å². The van der Waals surface area contributed by atoms with Crippen molar-refractivity contribution in [1.29, 1.82) is 0 Å². The molecule has 1 amide bonds. The molecule has 0 saturated heterocycles. The Bertz CT molecular complexity index is 476. The molecule has 0 radical (unpaired) electrons. The van der Waals surface area contributed by atoms with E-state index in [2.05, 4.69) is 28.2 Å². The number of aliphatic hydroxyl groups is 1. The van der Waals surface area contributed by atoms with Crippen LogP contribution in [0.2, 0.25) is 0 Å². The molecule has 0 spiro atoms. The van der Waals surface area contributed by atoms with Gasteiger partial charge in [0.2, 0.25) is 0 Å². The van der Waals surface area contributed by atoms with Gasteiger partial charge in [0, 0.05) is 23.8 Å². The van der Waals surface area contributed by atoms with E-state index in [9.17, 15) is 9.90 Å². The van der Waals surface area contributed by atoms with E-state index in [1.54, 1.807) is 0 Å². The maximum Gasteiger partial charge on any atom is 0.268 e. The summed E-state index contributed by atoms with van der Waals surface area (Å²) in [6.45, 7) is 5.30. The van der Waals surface area contributed by atoms with Crippen LogP contribution in [-0.2, 0) is 6.54 Å². The number of halogens is 1. The van der Waals surface area contributed by atoms with Gasteiger partial charge in [-0.15, -0.1) is 0 Å². The molecule has 1 saturated carbocycles. The lowest BCUT2D eigenvalue weighted by Crippen LogP contribution is -2.45. The predicted octanol–water partition coefficient (Wildman–Crippen LogP) is 2.94. The highest BCUT2D eigenvalue weighted by molar-refractivity contribution is 9.10. The second-order valence-corrected chi connectivity index (χ2v) is 6.83. The summed E-state index contributed by atoms with van der Waals surface area (Å²) in [4.78, 5) is 12.2. The molecule has 0 atom stereocenters. The van der Waals surface area contributed by atoms with Crippen LogP contribution in [0.1, 0.15) is 50.0 Å². The van der Waals surface area contributed by atoms with E-state index in [-0.39, 0.29) is 5.91 Å². The highest BCUT2D eigenvalue weighted by Crippen LogP contribution is 2.31. The first kappa shape index (κ1) is 15.6. The van der Waals surface area contributed by atoms with Crippen LogP contribution in [0, 0.1) is 5.92 Å². The fourth-order valence-electron chi connectivity index (χ4n) is 2.74. The Morgan fingerprint density at radius 3 is 2.80 bits per heavy atom. The molecule has 2 N–H and O–H groups in total. The predicted molar refractivity (Wildman–Crippen MR) is 82.7 cm³/mol. The molecule has 1 aromatic rings. The zero-order valence-electron chi connectivity index (χ0n) is 12.2. The van der Waals surface area contributed by atoms with Crippen LogP contribution in [0.15, 0.2) is 16.7 Å². The number of nitrogens with one attached hydrogen (secondary N) is 1. The summed E-state index contributed by atoms with van der Waals surface area (Å²) < 4.78 is 2.79. The number of aromatic nitrogens is 1. The minimum absolute atomic E-state index is 0.121. The van der Waals surface area contributed by atoms with Crippen molar-refractivity contribution < 1.29 is 9.90 Å². The first-order valence-corrected chi connectivity index (χ1v) is 8.09. The van der Waals surface area contributed by atoms with Gasteiger partial charge < -0.3 is 15.0 Å². The summed E-state index contributed by atoms with van der Waals surface area (Å²) in [5, 5.41) is 13.4. The van der Waals surface area contributed by atoms with Crippen molar-refractivity contribution in [2.45, 2.75) is 51.7 Å². The van der Waals surface area contributed by atoms with Gasteiger partial charge in [0.15, 0.2) is 0 Å². The van der Waals surface area contributed by atoms with Gasteiger partial charge in [-0.2, -0.15) is 0 Å². The average molecular weight is 343 g/mol. The number of aryl methyl sites for hydroxylation is 1. The number of hydrogen-bond donors (Lipinski definition) is 2. The number of carbonyl (C=O) groups is 1. The van der Waals surface area contributed by atoms with Gasteiger partial charge >= 0.3 is 0 Å². The molecule has 5 heteroatoms. The lowest BCUT2D eigenvalue weighted by Gasteiger charge is -2.34. The lowest BCUT2D eigenvalue weighted by atomic mass is 9.79. The Kier molecular flexibility index (Phi) is 4.91. The van der Waals surface area contributed by atoms with E-state index in [0.717, 1.165) is 36.7 Å². The van der Waals surface area contributed by atoms with Crippen molar-refractivity contribution in [3.8, 4) is 0 Å². The smallest absolute Gasteiger partial charge is 0.268 e. The van der Waals surface area contributed by atoms with E-state index in [1.165, 1.54) is 0 Å². The van der Waals surface area contributed by atoms with Crippen molar-refractivity contribution in [2.24, 2.45) is 5.92 Å². The molecule has 1 aliphatic rings. The topological polar surface area (TPSA) is 54.3 Å². The van der Waals surface area contributed by atoms with Gasteiger partial charge in [-0.25, -0.2) is 0 Å². The monoisotopic (exact) mass is 342 g/mol. The minimum atomic E-state index is -0.733. The average Bonchev–Trinajstić information content (AvgIpc) is 2.81. The van der Waals surface area contributed by atoms with Gasteiger partial charge in [-0.1, -0.05) is 6.92 Å². The van der Waals surface area contributed by atoms with Gasteiger partial charge in [0.05, 0.1) is 5.60 Å². The van der Waals surface area contributed by atoms with E-state index in [4.69, 9.17) is 0 Å². The zero-order valence-corrected chi connectivity index (χ0v) is 13.7. The Hall–Kier alpha value is -0.810. The van der Waals surface area contributed by atoms with Crippen LogP contribution < -0.4 is 5.32 Å². The van der Waals surface area contributed by atoms with Crippen LogP contribution in [0.3, 0.4) is 0 Å². The molecule has 4 nitrogen and oxygen atoms in total. The van der Waals surface area contributed by atoms with Crippen molar-refractivity contribution in [3.63, 3.8) is 0 Å². The first-order chi connectivity index (χ1) is 9.43. The molecule has 0 unspecified atom stereocenters. The molecule has 1 aliphatic carbocycles. The van der Waals surface area contributed by atoms with E-state index in [0.29, 0.717) is 18.2 Å². The van der Waals surface area contributed by atoms with E-state index >= 15 is 0 Å². The second-order valence-electron chi connectivity index (χ2n) is 5.92. The van der Waals surface area contributed by atoms with Crippen LogP contribution >= 0.6 is 15.9 Å². The lowest BCUT2D eigenvalue weighted by molar-refractivity contribution is -0.00546. The van der Waals surface area contributed by atoms with Crippen LogP contribution in [0.4, 0.5) is 0 Å². The standard InChI is InChI=1S/C15H23BrN2O2/c1-3-18-9-12(16)8-13(18)14(19)17-10-15(20)6-4-11(2)5-7-15/h8-9,11,20H,3-7,10H2,1-2H3,(H,17,19). The quantitative estimate of drug-likeness (QED) is 0.883. The van der Waals surface area contributed by atoms with E-state index in [1.807, 2.05) is 23.8 Å². The highest BCUT2D eigenvalue weighted by atomic mass is 79.9. The molecule has 0 aromatic carbocycles. The van der Waals surface area contributed by atoms with Crippen LogP contribution in [0.5, 0.6) is 0 Å². The Morgan fingerprint density at radius 2 is 2.20 bits per heavy atom. The number of carbonyl (C=O) groups excluding carboxylic acids is 1. The van der Waals surface area contributed by atoms with Crippen LogP contribution in [-0.4, -0.2) is 27.7 Å². The Balaban J connectivity index is 1.95. The van der Waals surface area contributed by atoms with Crippen molar-refractivity contribution in [1.82, 2.24) is 9.88 Å². The van der Waals surface area contributed by atoms with Crippen molar-refractivity contribution in [3.05, 3.63) is 22.4 Å². The molecule has 2 rings (SSSR count). The molecule has 112 valence electrons. The molecular formula is C15H23BrN2O2. The third kappa shape index (κ3) is 3.64. The van der Waals surface area contributed by atoms with Crippen LogP contribution in [0.25, 0.3) is 0 Å². The second kappa shape index (κ2) is 6.31. The zero-order chi connectivity index (χ0) is 14.8. The summed E-state index contributed by atoms with van der Waals surface area (Å²) in [5.74, 6) is 0.559. The number of amides is 1. The molecule has 1 aromatic heterocycles. The van der Waals surface area contributed by atoms with Gasteiger partial charge in [-0.05, 0) is 60.5 Å². The molecule has 0 bridgehead atoms. The summed E-state index contributed by atoms with van der Waals surface area (Å²) in [7, 11) is 0. The third-order valence-electron chi connectivity index (χ3n) is 4.22. The fourth-order valence-corrected chi connectivity index (χ4v) is 3.20. The molecule has 1 fully saturated rings. The van der Waals surface area contributed by atoms with Gasteiger partial charge in [-0.3, -0.25) is 4.79 Å². The SMILES string of the molecule is CCn1cc(Br)cc1C(=O)NCC1(O)CCC(C)CC1. The minimum Gasteiger partial charge on any atom is -0.388 e. The maximum absolute atomic E-state index is 12.2. The molecule has 0 aliphatic heterocycles. The Labute approximate surface area is 128 Å². The summed E-state index contributed by atoms with van der Waals surface area (Å²) in [6, 6.07) is 1.81. The first-order valence-electron chi connectivity index (χ1n) is 7.30. The molecule has 20 heavy (non-hydrogen) atoms. The van der Waals surface area contributed by atoms with Crippen molar-refractivity contribution >= 4 is 21.8 Å². The largest absolute Gasteiger partial charge is 0.388 e. The number of rotatable bonds is 4. The maximum atomic E-state index is 12.2. The van der Waals surface area contributed by atoms with E-state index < -0.39 is 5.60 Å². The number of hydrogen-bond acceptors (Lipinski definition) is 2. The fraction of sp³-hybridized carbons (Fsp3) is 0.667. The number of nitrogens with zero attached hydrogens (tertiary/aromatic N) is 1. The van der Waals surface area contributed by atoms with Crippen molar-refractivity contribution in [2.75, 3.05) is 6.54 Å². The highest BCUT2D eigenvalue weighted by Gasteiger charge is 2.32. The Morgan fingerprint density at radius 1 is 1.55 bits per heavy atom. The third-order valence-corrected chi connectivity index (χ3v) is 4.65. The molecule has 1 heterocycles.